The number of halogens is 3. The predicted molar refractivity (Wildman–Crippen MR) is 111 cm³/mol. The molecule has 6 nitrogen and oxygen atoms in total. The number of rotatable bonds is 4. The molecule has 0 spiro atoms. The molecule has 1 unspecified atom stereocenters. The summed E-state index contributed by atoms with van der Waals surface area (Å²) in [6.45, 7) is 0.679. The van der Waals surface area contributed by atoms with Crippen LogP contribution in [0.5, 0.6) is 0 Å². The Kier molecular flexibility index (Phi) is 6.20. The lowest BCUT2D eigenvalue weighted by Crippen LogP contribution is -2.36. The molecule has 2 heterocycles. The molecule has 1 saturated heterocycles. The van der Waals surface area contributed by atoms with Gasteiger partial charge in [-0.2, -0.15) is 13.2 Å². The first-order valence-corrected chi connectivity index (χ1v) is 10.3. The standard InChI is InChI=1S/C24H19F3N2O4/c25-24(26,27)17-6-1-4-15(12-17)5-2-10-28-21(30)16-8-9-19-20(13-16)23(32)29(22(19)31)14-18-7-3-11-33-18/h1,4,6,8-9,12-13,18H,3,7,10-11,14H2,(H,28,30). The van der Waals surface area contributed by atoms with E-state index in [1.165, 1.54) is 30.3 Å². The van der Waals surface area contributed by atoms with Crippen molar-refractivity contribution in [3.05, 3.63) is 70.3 Å². The van der Waals surface area contributed by atoms with E-state index in [0.29, 0.717) is 6.61 Å². The highest BCUT2D eigenvalue weighted by atomic mass is 19.4. The maximum Gasteiger partial charge on any atom is 0.416 e. The minimum atomic E-state index is -4.46. The highest BCUT2D eigenvalue weighted by Gasteiger charge is 2.38. The van der Waals surface area contributed by atoms with Gasteiger partial charge in [-0.15, -0.1) is 0 Å². The van der Waals surface area contributed by atoms with Crippen molar-refractivity contribution >= 4 is 17.7 Å². The molecule has 1 atom stereocenters. The van der Waals surface area contributed by atoms with Crippen LogP contribution in [-0.2, 0) is 10.9 Å². The van der Waals surface area contributed by atoms with Gasteiger partial charge in [-0.3, -0.25) is 19.3 Å². The molecule has 9 heteroatoms. The average molecular weight is 456 g/mol. The van der Waals surface area contributed by atoms with Crippen LogP contribution in [0, 0.1) is 11.8 Å². The Balaban J connectivity index is 1.39. The van der Waals surface area contributed by atoms with Gasteiger partial charge in [0, 0.05) is 17.7 Å². The fourth-order valence-electron chi connectivity index (χ4n) is 3.74. The van der Waals surface area contributed by atoms with E-state index in [4.69, 9.17) is 4.74 Å². The van der Waals surface area contributed by atoms with Crippen molar-refractivity contribution in [3.63, 3.8) is 0 Å². The van der Waals surface area contributed by atoms with Crippen LogP contribution < -0.4 is 5.32 Å². The molecule has 0 bridgehead atoms. The Labute approximate surface area is 187 Å². The Morgan fingerprint density at radius 3 is 2.64 bits per heavy atom. The van der Waals surface area contributed by atoms with Gasteiger partial charge in [0.15, 0.2) is 0 Å². The number of ether oxygens (including phenoxy) is 1. The van der Waals surface area contributed by atoms with Crippen molar-refractivity contribution in [2.24, 2.45) is 0 Å². The molecule has 2 aliphatic heterocycles. The average Bonchev–Trinajstić information content (AvgIpc) is 3.39. The molecule has 0 aliphatic carbocycles. The van der Waals surface area contributed by atoms with Gasteiger partial charge in [-0.1, -0.05) is 17.9 Å². The quantitative estimate of drug-likeness (QED) is 0.566. The van der Waals surface area contributed by atoms with E-state index in [2.05, 4.69) is 17.2 Å². The second-order valence-electron chi connectivity index (χ2n) is 7.68. The van der Waals surface area contributed by atoms with Crippen LogP contribution in [0.25, 0.3) is 0 Å². The van der Waals surface area contributed by atoms with E-state index in [1.54, 1.807) is 0 Å². The number of imide groups is 1. The Hall–Kier alpha value is -3.64. The Morgan fingerprint density at radius 2 is 1.91 bits per heavy atom. The highest BCUT2D eigenvalue weighted by Crippen LogP contribution is 2.29. The molecular weight excluding hydrogens is 437 g/mol. The number of amides is 3. The van der Waals surface area contributed by atoms with Gasteiger partial charge in [-0.05, 0) is 49.2 Å². The topological polar surface area (TPSA) is 75.7 Å². The molecule has 2 aliphatic rings. The van der Waals surface area contributed by atoms with Crippen molar-refractivity contribution in [2.45, 2.75) is 25.1 Å². The number of carbonyl (C=O) groups is 3. The van der Waals surface area contributed by atoms with Crippen molar-refractivity contribution in [1.82, 2.24) is 10.2 Å². The zero-order chi connectivity index (χ0) is 23.6. The van der Waals surface area contributed by atoms with E-state index >= 15 is 0 Å². The number of benzene rings is 2. The summed E-state index contributed by atoms with van der Waals surface area (Å²) in [5.41, 5.74) is -0.0643. The van der Waals surface area contributed by atoms with E-state index < -0.39 is 29.5 Å². The minimum absolute atomic E-state index is 0.107. The third kappa shape index (κ3) is 4.91. The summed E-state index contributed by atoms with van der Waals surface area (Å²) in [6, 6.07) is 8.82. The van der Waals surface area contributed by atoms with Crippen molar-refractivity contribution in [3.8, 4) is 11.8 Å². The summed E-state index contributed by atoms with van der Waals surface area (Å²) >= 11 is 0. The number of fused-ring (bicyclic) bond motifs is 1. The summed E-state index contributed by atoms with van der Waals surface area (Å²) in [7, 11) is 0. The summed E-state index contributed by atoms with van der Waals surface area (Å²) in [4.78, 5) is 38.8. The predicted octanol–water partition coefficient (Wildman–Crippen LogP) is 3.26. The van der Waals surface area contributed by atoms with E-state index in [1.807, 2.05) is 0 Å². The van der Waals surface area contributed by atoms with Crippen LogP contribution in [0.15, 0.2) is 42.5 Å². The number of nitrogens with zero attached hydrogens (tertiary/aromatic N) is 1. The van der Waals surface area contributed by atoms with Crippen molar-refractivity contribution in [2.75, 3.05) is 19.7 Å². The SMILES string of the molecule is O=C(NCC#Cc1cccc(C(F)(F)F)c1)c1ccc2c(c1)C(=O)N(CC1CCCO1)C2=O. The summed E-state index contributed by atoms with van der Waals surface area (Å²) < 4.78 is 43.8. The first kappa shape index (κ1) is 22.6. The molecule has 4 rings (SSSR count). The Morgan fingerprint density at radius 1 is 1.12 bits per heavy atom. The van der Waals surface area contributed by atoms with Crippen LogP contribution in [0.1, 0.15) is 55.0 Å². The second kappa shape index (κ2) is 9.08. The molecular formula is C24H19F3N2O4. The first-order chi connectivity index (χ1) is 15.7. The van der Waals surface area contributed by atoms with Crippen LogP contribution in [0.2, 0.25) is 0 Å². The van der Waals surface area contributed by atoms with Gasteiger partial charge in [0.1, 0.15) is 0 Å². The summed E-state index contributed by atoms with van der Waals surface area (Å²) in [6.07, 6.45) is -2.97. The van der Waals surface area contributed by atoms with Crippen LogP contribution in [0.3, 0.4) is 0 Å². The molecule has 0 radical (unpaired) electrons. The van der Waals surface area contributed by atoms with Crippen LogP contribution >= 0.6 is 0 Å². The zero-order valence-corrected chi connectivity index (χ0v) is 17.4. The molecule has 3 amide bonds. The number of hydrogen-bond acceptors (Lipinski definition) is 4. The van der Waals surface area contributed by atoms with Crippen molar-refractivity contribution < 1.29 is 32.3 Å². The molecule has 1 fully saturated rings. The first-order valence-electron chi connectivity index (χ1n) is 10.3. The normalized spacial score (nSPS) is 17.5. The maximum absolute atomic E-state index is 12.8. The monoisotopic (exact) mass is 456 g/mol. The zero-order valence-electron chi connectivity index (χ0n) is 17.4. The molecule has 0 aromatic heterocycles. The van der Waals surface area contributed by atoms with Gasteiger partial charge >= 0.3 is 6.18 Å². The molecule has 2 aromatic carbocycles. The molecule has 2 aromatic rings. The third-order valence-corrected chi connectivity index (χ3v) is 5.40. The number of carbonyl (C=O) groups excluding carboxylic acids is 3. The third-order valence-electron chi connectivity index (χ3n) is 5.40. The highest BCUT2D eigenvalue weighted by molar-refractivity contribution is 6.22. The number of alkyl halides is 3. The smallest absolute Gasteiger partial charge is 0.376 e. The number of nitrogens with one attached hydrogen (secondary N) is 1. The van der Waals surface area contributed by atoms with Gasteiger partial charge in [0.25, 0.3) is 17.7 Å². The van der Waals surface area contributed by atoms with Crippen molar-refractivity contribution in [1.29, 1.82) is 0 Å². The summed E-state index contributed by atoms with van der Waals surface area (Å²) in [5, 5.41) is 2.54. The van der Waals surface area contributed by atoms with E-state index in [-0.39, 0.29) is 41.4 Å². The van der Waals surface area contributed by atoms with Crippen LogP contribution in [-0.4, -0.2) is 48.4 Å². The molecule has 1 N–H and O–H groups in total. The maximum atomic E-state index is 12.8. The van der Waals surface area contributed by atoms with Gasteiger partial charge in [0.2, 0.25) is 0 Å². The van der Waals surface area contributed by atoms with E-state index in [0.717, 1.165) is 29.9 Å². The molecule has 0 saturated carbocycles. The fraction of sp³-hybridized carbons (Fsp3) is 0.292. The van der Waals surface area contributed by atoms with Gasteiger partial charge in [-0.25, -0.2) is 0 Å². The van der Waals surface area contributed by atoms with Gasteiger partial charge in [0.05, 0.1) is 35.9 Å². The summed E-state index contributed by atoms with van der Waals surface area (Å²) in [5.74, 6) is 3.78. The largest absolute Gasteiger partial charge is 0.416 e. The lowest BCUT2D eigenvalue weighted by Gasteiger charge is -2.17. The lowest BCUT2D eigenvalue weighted by atomic mass is 10.1. The Bertz CT molecular complexity index is 1170. The van der Waals surface area contributed by atoms with Crippen LogP contribution in [0.4, 0.5) is 13.2 Å². The number of hydrogen-bond donors (Lipinski definition) is 1. The van der Waals surface area contributed by atoms with E-state index in [9.17, 15) is 27.6 Å². The fourth-order valence-corrected chi connectivity index (χ4v) is 3.74. The molecule has 170 valence electrons. The van der Waals surface area contributed by atoms with Gasteiger partial charge < -0.3 is 10.1 Å². The minimum Gasteiger partial charge on any atom is -0.376 e. The second-order valence-corrected chi connectivity index (χ2v) is 7.68. The molecule has 33 heavy (non-hydrogen) atoms. The lowest BCUT2D eigenvalue weighted by molar-refractivity contribution is -0.137.